The van der Waals surface area contributed by atoms with Crippen molar-refractivity contribution in [3.8, 4) is 0 Å². The molecule has 43 heavy (non-hydrogen) atoms. The van der Waals surface area contributed by atoms with Crippen LogP contribution in [0.5, 0.6) is 0 Å². The first kappa shape index (κ1) is 31.5. The number of benzene rings is 4. The van der Waals surface area contributed by atoms with Gasteiger partial charge < -0.3 is 10.2 Å². The lowest BCUT2D eigenvalue weighted by atomic mass is 10.0. The average molecular weight is 598 g/mol. The minimum atomic E-state index is -4.11. The Kier molecular flexibility index (Phi) is 10.7. The molecular weight excluding hydrogens is 558 g/mol. The van der Waals surface area contributed by atoms with Crippen LogP contribution in [0.25, 0.3) is 0 Å². The molecule has 4 aromatic carbocycles. The van der Waals surface area contributed by atoms with Gasteiger partial charge in [0.25, 0.3) is 10.0 Å². The van der Waals surface area contributed by atoms with Crippen molar-refractivity contribution in [3.63, 3.8) is 0 Å². The van der Waals surface area contributed by atoms with E-state index >= 15 is 0 Å². The Morgan fingerprint density at radius 3 is 1.86 bits per heavy atom. The molecule has 0 bridgehead atoms. The molecule has 0 saturated heterocycles. The fourth-order valence-corrected chi connectivity index (χ4v) is 6.15. The summed E-state index contributed by atoms with van der Waals surface area (Å²) in [5.41, 5.74) is 3.01. The molecule has 0 heterocycles. The van der Waals surface area contributed by atoms with Crippen molar-refractivity contribution < 1.29 is 18.0 Å². The van der Waals surface area contributed by atoms with Crippen molar-refractivity contribution in [2.24, 2.45) is 0 Å². The molecule has 4 rings (SSSR count). The van der Waals surface area contributed by atoms with Crippen LogP contribution in [0.15, 0.2) is 120 Å². The lowest BCUT2D eigenvalue weighted by Gasteiger charge is -2.34. The van der Waals surface area contributed by atoms with Crippen LogP contribution in [-0.2, 0) is 32.6 Å². The smallest absolute Gasteiger partial charge is 0.264 e. The highest BCUT2D eigenvalue weighted by molar-refractivity contribution is 7.92. The van der Waals surface area contributed by atoms with Gasteiger partial charge in [-0.25, -0.2) is 8.42 Å². The predicted octanol–water partition coefficient (Wildman–Crippen LogP) is 5.75. The van der Waals surface area contributed by atoms with E-state index in [1.807, 2.05) is 81.4 Å². The average Bonchev–Trinajstić information content (AvgIpc) is 3.02. The van der Waals surface area contributed by atoms with E-state index in [9.17, 15) is 18.0 Å². The van der Waals surface area contributed by atoms with Crippen LogP contribution in [-0.4, -0.2) is 43.8 Å². The first-order valence-corrected chi connectivity index (χ1v) is 15.9. The van der Waals surface area contributed by atoms with Gasteiger partial charge in [0.05, 0.1) is 10.6 Å². The van der Waals surface area contributed by atoms with E-state index in [2.05, 4.69) is 5.32 Å². The second-order valence-corrected chi connectivity index (χ2v) is 12.6. The Morgan fingerprint density at radius 2 is 1.30 bits per heavy atom. The van der Waals surface area contributed by atoms with Gasteiger partial charge in [-0.15, -0.1) is 0 Å². The predicted molar refractivity (Wildman–Crippen MR) is 171 cm³/mol. The summed E-state index contributed by atoms with van der Waals surface area (Å²) in [5, 5.41) is 3.05. The Labute approximate surface area is 255 Å². The summed E-state index contributed by atoms with van der Waals surface area (Å²) in [5.74, 6) is -0.765. The third kappa shape index (κ3) is 8.32. The fraction of sp³-hybridized carbons (Fsp3) is 0.257. The van der Waals surface area contributed by atoms with Crippen molar-refractivity contribution in [2.75, 3.05) is 10.8 Å². The molecule has 0 aliphatic rings. The minimum Gasteiger partial charge on any atom is -0.352 e. The number of hydrogen-bond donors (Lipinski definition) is 1. The summed E-state index contributed by atoms with van der Waals surface area (Å²) < 4.78 is 29.2. The summed E-state index contributed by atoms with van der Waals surface area (Å²) in [7, 11) is -4.11. The fourth-order valence-electron chi connectivity index (χ4n) is 4.74. The van der Waals surface area contributed by atoms with Gasteiger partial charge >= 0.3 is 0 Å². The number of para-hydroxylation sites is 1. The number of hydrogen-bond acceptors (Lipinski definition) is 4. The quantitative estimate of drug-likeness (QED) is 0.213. The van der Waals surface area contributed by atoms with Gasteiger partial charge in [0.1, 0.15) is 12.6 Å². The topological polar surface area (TPSA) is 86.8 Å². The van der Waals surface area contributed by atoms with Crippen molar-refractivity contribution in [1.29, 1.82) is 0 Å². The van der Waals surface area contributed by atoms with E-state index in [0.29, 0.717) is 5.69 Å². The number of nitrogens with zero attached hydrogens (tertiary/aromatic N) is 2. The van der Waals surface area contributed by atoms with E-state index in [1.165, 1.54) is 4.90 Å². The van der Waals surface area contributed by atoms with E-state index in [0.717, 1.165) is 27.4 Å². The van der Waals surface area contributed by atoms with Crippen LogP contribution in [0.1, 0.15) is 37.0 Å². The molecule has 2 amide bonds. The molecular formula is C35H39N3O4S. The Bertz CT molecular complexity index is 1580. The molecule has 0 unspecified atom stereocenters. The van der Waals surface area contributed by atoms with Gasteiger partial charge in [0, 0.05) is 19.0 Å². The number of sulfonamides is 1. The first-order valence-electron chi connectivity index (χ1n) is 14.5. The van der Waals surface area contributed by atoms with Crippen LogP contribution in [0.2, 0.25) is 0 Å². The third-order valence-electron chi connectivity index (χ3n) is 7.40. The van der Waals surface area contributed by atoms with Crippen LogP contribution in [0, 0.1) is 6.92 Å². The van der Waals surface area contributed by atoms with Crippen LogP contribution < -0.4 is 9.62 Å². The van der Waals surface area contributed by atoms with Gasteiger partial charge in [0.15, 0.2) is 0 Å². The zero-order valence-electron chi connectivity index (χ0n) is 24.9. The van der Waals surface area contributed by atoms with Crippen LogP contribution in [0.3, 0.4) is 0 Å². The molecule has 0 spiro atoms. The zero-order valence-corrected chi connectivity index (χ0v) is 25.7. The van der Waals surface area contributed by atoms with Crippen LogP contribution >= 0.6 is 0 Å². The van der Waals surface area contributed by atoms with Crippen LogP contribution in [0.4, 0.5) is 5.69 Å². The largest absolute Gasteiger partial charge is 0.352 e. The minimum absolute atomic E-state index is 0.0831. The molecule has 0 aliphatic carbocycles. The van der Waals surface area contributed by atoms with Gasteiger partial charge in [0.2, 0.25) is 11.8 Å². The highest BCUT2D eigenvalue weighted by Crippen LogP contribution is 2.25. The highest BCUT2D eigenvalue weighted by Gasteiger charge is 2.34. The Morgan fingerprint density at radius 1 is 0.767 bits per heavy atom. The van der Waals surface area contributed by atoms with Gasteiger partial charge in [-0.1, -0.05) is 103 Å². The second kappa shape index (κ2) is 14.6. The zero-order chi connectivity index (χ0) is 30.8. The lowest BCUT2D eigenvalue weighted by Crippen LogP contribution is -2.54. The standard InChI is InChI=1S/C35H39N3O4S/c1-4-28(3)36-35(40)33(24-29-14-8-5-9-15-29)37(25-30-16-10-6-11-17-30)34(39)26-38(31-18-12-7-13-19-31)43(41,42)32-22-20-27(2)21-23-32/h5-23,28,33H,4,24-26H2,1-3H3,(H,36,40)/t28-,33+/m1/s1. The number of anilines is 1. The molecule has 0 saturated carbocycles. The Hall–Kier alpha value is -4.43. The highest BCUT2D eigenvalue weighted by atomic mass is 32.2. The van der Waals surface area contributed by atoms with Crippen molar-refractivity contribution in [2.45, 2.75) is 57.1 Å². The molecule has 8 heteroatoms. The summed E-state index contributed by atoms with van der Waals surface area (Å²) in [6.07, 6.45) is 1.00. The molecule has 0 radical (unpaired) electrons. The van der Waals surface area contributed by atoms with Gasteiger partial charge in [-0.05, 0) is 55.7 Å². The number of carbonyl (C=O) groups is 2. The molecule has 7 nitrogen and oxygen atoms in total. The molecule has 1 N–H and O–H groups in total. The summed E-state index contributed by atoms with van der Waals surface area (Å²) >= 11 is 0. The normalized spacial score (nSPS) is 12.6. The Balaban J connectivity index is 1.77. The summed E-state index contributed by atoms with van der Waals surface area (Å²) in [6.45, 7) is 5.45. The van der Waals surface area contributed by atoms with E-state index in [-0.39, 0.29) is 29.8 Å². The third-order valence-corrected chi connectivity index (χ3v) is 9.19. The monoisotopic (exact) mass is 597 g/mol. The number of carbonyl (C=O) groups excluding carboxylic acids is 2. The molecule has 0 fully saturated rings. The molecule has 4 aromatic rings. The van der Waals surface area contributed by atoms with E-state index in [1.54, 1.807) is 54.6 Å². The maximum Gasteiger partial charge on any atom is 0.264 e. The van der Waals surface area contributed by atoms with E-state index in [4.69, 9.17) is 0 Å². The van der Waals surface area contributed by atoms with Gasteiger partial charge in [-0.2, -0.15) is 0 Å². The summed E-state index contributed by atoms with van der Waals surface area (Å²) in [4.78, 5) is 29.8. The van der Waals surface area contributed by atoms with Crippen molar-refractivity contribution in [3.05, 3.63) is 132 Å². The number of amides is 2. The van der Waals surface area contributed by atoms with E-state index < -0.39 is 28.5 Å². The maximum absolute atomic E-state index is 14.4. The maximum atomic E-state index is 14.4. The summed E-state index contributed by atoms with van der Waals surface area (Å²) in [6, 6.07) is 33.1. The number of nitrogens with one attached hydrogen (secondary N) is 1. The number of aryl methyl sites for hydroxylation is 1. The lowest BCUT2D eigenvalue weighted by molar-refractivity contribution is -0.140. The second-order valence-electron chi connectivity index (χ2n) is 10.7. The number of rotatable bonds is 13. The van der Waals surface area contributed by atoms with Crippen molar-refractivity contribution >= 4 is 27.5 Å². The van der Waals surface area contributed by atoms with Crippen molar-refractivity contribution in [1.82, 2.24) is 10.2 Å². The van der Waals surface area contributed by atoms with Gasteiger partial charge in [-0.3, -0.25) is 13.9 Å². The SMILES string of the molecule is CC[C@@H](C)NC(=O)[C@H](Cc1ccccc1)N(Cc1ccccc1)C(=O)CN(c1ccccc1)S(=O)(=O)c1ccc(C)cc1. The molecule has 0 aromatic heterocycles. The molecule has 2 atom stereocenters. The molecule has 0 aliphatic heterocycles. The first-order chi connectivity index (χ1) is 20.7. The molecule has 224 valence electrons.